The van der Waals surface area contributed by atoms with Crippen molar-refractivity contribution in [3.63, 3.8) is 0 Å². The summed E-state index contributed by atoms with van der Waals surface area (Å²) in [7, 11) is -3.61. The zero-order chi connectivity index (χ0) is 17.2. The van der Waals surface area contributed by atoms with Gasteiger partial charge >= 0.3 is 0 Å². The molecule has 1 N–H and O–H groups in total. The Labute approximate surface area is 143 Å². The van der Waals surface area contributed by atoms with Crippen LogP contribution in [-0.4, -0.2) is 20.2 Å². The summed E-state index contributed by atoms with van der Waals surface area (Å²) in [5.74, 6) is -0.280. The van der Waals surface area contributed by atoms with Crippen LogP contribution in [0.25, 0.3) is 0 Å². The largest absolute Gasteiger partial charge is 0.294 e. The van der Waals surface area contributed by atoms with Gasteiger partial charge in [0, 0.05) is 17.5 Å². The molecular formula is C19H21NO3S. The first-order valence-electron chi connectivity index (χ1n) is 8.15. The molecule has 24 heavy (non-hydrogen) atoms. The number of hydrogen-bond acceptors (Lipinski definition) is 3. The molecule has 0 unspecified atom stereocenters. The quantitative estimate of drug-likeness (QED) is 0.847. The van der Waals surface area contributed by atoms with E-state index in [0.717, 1.165) is 18.4 Å². The first kappa shape index (κ1) is 16.9. The number of Topliss-reactive ketones (excluding diaryl/α,β-unsaturated/α-hetero) is 1. The topological polar surface area (TPSA) is 63.2 Å². The Morgan fingerprint density at radius 1 is 1.00 bits per heavy atom. The maximum absolute atomic E-state index is 12.7. The molecule has 0 radical (unpaired) electrons. The van der Waals surface area contributed by atoms with E-state index in [9.17, 15) is 13.2 Å². The highest BCUT2D eigenvalue weighted by Gasteiger charge is 2.36. The van der Waals surface area contributed by atoms with Gasteiger partial charge in [0.2, 0.25) is 10.0 Å². The highest BCUT2D eigenvalue weighted by Crippen LogP contribution is 2.30. The Morgan fingerprint density at radius 3 is 2.33 bits per heavy atom. The van der Waals surface area contributed by atoms with Crippen molar-refractivity contribution in [3.05, 3.63) is 65.7 Å². The molecule has 5 heteroatoms. The van der Waals surface area contributed by atoms with Crippen molar-refractivity contribution < 1.29 is 13.2 Å². The average Bonchev–Trinajstić information content (AvgIpc) is 3.02. The SMILES string of the molecule is Cc1ccc(S(=O)(=O)N[C@H]2CCC[C@H]2C(=O)c2ccccc2)cc1. The second-order valence-electron chi connectivity index (χ2n) is 6.31. The second-order valence-corrected chi connectivity index (χ2v) is 8.02. The lowest BCUT2D eigenvalue weighted by Gasteiger charge is -2.20. The minimum atomic E-state index is -3.61. The molecule has 0 amide bonds. The monoisotopic (exact) mass is 343 g/mol. The van der Waals surface area contributed by atoms with Crippen molar-refractivity contribution in [2.75, 3.05) is 0 Å². The summed E-state index contributed by atoms with van der Waals surface area (Å²) in [5, 5.41) is 0. The van der Waals surface area contributed by atoms with Crippen LogP contribution in [0.2, 0.25) is 0 Å². The molecule has 0 heterocycles. The number of rotatable bonds is 5. The summed E-state index contributed by atoms with van der Waals surface area (Å²) >= 11 is 0. The van der Waals surface area contributed by atoms with E-state index in [1.165, 1.54) is 0 Å². The van der Waals surface area contributed by atoms with Gasteiger partial charge in [0.05, 0.1) is 4.90 Å². The van der Waals surface area contributed by atoms with Gasteiger partial charge in [-0.25, -0.2) is 13.1 Å². The van der Waals surface area contributed by atoms with E-state index in [2.05, 4.69) is 4.72 Å². The summed E-state index contributed by atoms with van der Waals surface area (Å²) in [4.78, 5) is 12.9. The van der Waals surface area contributed by atoms with Crippen LogP contribution in [0.5, 0.6) is 0 Å². The summed E-state index contributed by atoms with van der Waals surface area (Å²) in [6.07, 6.45) is 2.26. The van der Waals surface area contributed by atoms with Crippen molar-refractivity contribution in [2.24, 2.45) is 5.92 Å². The number of sulfonamides is 1. The minimum Gasteiger partial charge on any atom is -0.294 e. The Morgan fingerprint density at radius 2 is 1.67 bits per heavy atom. The molecular weight excluding hydrogens is 322 g/mol. The second kappa shape index (κ2) is 6.87. The van der Waals surface area contributed by atoms with E-state index in [1.54, 1.807) is 36.4 Å². The van der Waals surface area contributed by atoms with E-state index >= 15 is 0 Å². The highest BCUT2D eigenvalue weighted by atomic mass is 32.2. The smallest absolute Gasteiger partial charge is 0.240 e. The van der Waals surface area contributed by atoms with Crippen LogP contribution in [0.1, 0.15) is 35.2 Å². The zero-order valence-corrected chi connectivity index (χ0v) is 14.4. The third-order valence-electron chi connectivity index (χ3n) is 4.55. The number of carbonyl (C=O) groups excluding carboxylic acids is 1. The number of nitrogens with one attached hydrogen (secondary N) is 1. The first-order chi connectivity index (χ1) is 11.5. The predicted molar refractivity (Wildman–Crippen MR) is 93.4 cm³/mol. The third-order valence-corrected chi connectivity index (χ3v) is 6.05. The lowest BCUT2D eigenvalue weighted by atomic mass is 9.94. The van der Waals surface area contributed by atoms with Gasteiger partial charge in [0.25, 0.3) is 0 Å². The van der Waals surface area contributed by atoms with Crippen LogP contribution >= 0.6 is 0 Å². The maximum atomic E-state index is 12.7. The molecule has 0 saturated heterocycles. The molecule has 126 valence electrons. The molecule has 1 aliphatic carbocycles. The van der Waals surface area contributed by atoms with Crippen LogP contribution < -0.4 is 4.72 Å². The van der Waals surface area contributed by atoms with Gasteiger partial charge in [-0.1, -0.05) is 54.4 Å². The standard InChI is InChI=1S/C19H21NO3S/c1-14-10-12-16(13-11-14)24(22,23)20-18-9-5-8-17(18)19(21)15-6-3-2-4-7-15/h2-4,6-7,10-13,17-18,20H,5,8-9H2,1H3/t17-,18+/m1/s1. The predicted octanol–water partition coefficient (Wildman–Crippen LogP) is 3.32. The van der Waals surface area contributed by atoms with Crippen molar-refractivity contribution in [3.8, 4) is 0 Å². The van der Waals surface area contributed by atoms with E-state index in [0.29, 0.717) is 12.0 Å². The summed E-state index contributed by atoms with van der Waals surface area (Å²) in [6, 6.07) is 15.5. The van der Waals surface area contributed by atoms with Crippen LogP contribution in [-0.2, 0) is 10.0 Å². The number of ketones is 1. The molecule has 0 bridgehead atoms. The fourth-order valence-corrected chi connectivity index (χ4v) is 4.53. The van der Waals surface area contributed by atoms with Gasteiger partial charge in [-0.15, -0.1) is 0 Å². The molecule has 1 fully saturated rings. The molecule has 0 aliphatic heterocycles. The number of carbonyl (C=O) groups is 1. The van der Waals surface area contributed by atoms with Crippen molar-refractivity contribution in [1.29, 1.82) is 0 Å². The fraction of sp³-hybridized carbons (Fsp3) is 0.316. The van der Waals surface area contributed by atoms with Crippen LogP contribution in [0, 0.1) is 12.8 Å². The van der Waals surface area contributed by atoms with Gasteiger partial charge < -0.3 is 0 Å². The molecule has 1 aliphatic rings. The van der Waals surface area contributed by atoms with Crippen molar-refractivity contribution >= 4 is 15.8 Å². The van der Waals surface area contributed by atoms with Crippen LogP contribution in [0.3, 0.4) is 0 Å². The Bertz CT molecular complexity index is 813. The summed E-state index contributed by atoms with van der Waals surface area (Å²) in [6.45, 7) is 1.91. The van der Waals surface area contributed by atoms with Gasteiger partial charge in [0.1, 0.15) is 0 Å². The summed E-state index contributed by atoms with van der Waals surface area (Å²) < 4.78 is 27.9. The van der Waals surface area contributed by atoms with Gasteiger partial charge in [-0.05, 0) is 31.9 Å². The van der Waals surface area contributed by atoms with E-state index in [1.807, 2.05) is 25.1 Å². The third kappa shape index (κ3) is 3.57. The molecule has 1 saturated carbocycles. The van der Waals surface area contributed by atoms with Gasteiger partial charge in [-0.3, -0.25) is 4.79 Å². The van der Waals surface area contributed by atoms with Crippen molar-refractivity contribution in [2.45, 2.75) is 37.1 Å². The van der Waals surface area contributed by atoms with Crippen molar-refractivity contribution in [1.82, 2.24) is 4.72 Å². The maximum Gasteiger partial charge on any atom is 0.240 e. The molecule has 3 rings (SSSR count). The average molecular weight is 343 g/mol. The number of aryl methyl sites for hydroxylation is 1. The van der Waals surface area contributed by atoms with Crippen LogP contribution in [0.4, 0.5) is 0 Å². The normalized spacial score (nSPS) is 20.9. The molecule has 2 aromatic carbocycles. The van der Waals surface area contributed by atoms with Gasteiger partial charge in [0.15, 0.2) is 5.78 Å². The molecule has 0 spiro atoms. The van der Waals surface area contributed by atoms with E-state index in [-0.39, 0.29) is 22.6 Å². The fourth-order valence-electron chi connectivity index (χ4n) is 3.22. The zero-order valence-electron chi connectivity index (χ0n) is 13.6. The molecule has 2 aromatic rings. The molecule has 4 nitrogen and oxygen atoms in total. The van der Waals surface area contributed by atoms with Crippen LogP contribution in [0.15, 0.2) is 59.5 Å². The Hall–Kier alpha value is -1.98. The summed E-state index contributed by atoms with van der Waals surface area (Å²) in [5.41, 5.74) is 1.65. The minimum absolute atomic E-state index is 0.0182. The molecule has 0 aromatic heterocycles. The lowest BCUT2D eigenvalue weighted by molar-refractivity contribution is 0.0910. The highest BCUT2D eigenvalue weighted by molar-refractivity contribution is 7.89. The Kier molecular flexibility index (Phi) is 4.83. The number of hydrogen-bond donors (Lipinski definition) is 1. The first-order valence-corrected chi connectivity index (χ1v) is 9.64. The lowest BCUT2D eigenvalue weighted by Crippen LogP contribution is -2.40. The van der Waals surface area contributed by atoms with E-state index in [4.69, 9.17) is 0 Å². The van der Waals surface area contributed by atoms with E-state index < -0.39 is 10.0 Å². The number of benzene rings is 2. The van der Waals surface area contributed by atoms with Gasteiger partial charge in [-0.2, -0.15) is 0 Å². The molecule has 2 atom stereocenters. The Balaban J connectivity index is 1.78.